The number of nitrogens with zero attached hydrogens (tertiary/aromatic N) is 3. The van der Waals surface area contributed by atoms with Crippen LogP contribution in [0.1, 0.15) is 6.92 Å². The molecule has 0 aliphatic carbocycles. The van der Waals surface area contributed by atoms with Gasteiger partial charge < -0.3 is 0 Å². The molecule has 7 heteroatoms. The lowest BCUT2D eigenvalue weighted by molar-refractivity contribution is -0.115. The number of nitroso groups, excluding NO2 is 1. The maximum absolute atomic E-state index is 13.8. The summed E-state index contributed by atoms with van der Waals surface area (Å²) in [5, 5.41) is 2.72. The molecule has 1 aromatic carbocycles. The fourth-order valence-corrected chi connectivity index (χ4v) is 1.70. The summed E-state index contributed by atoms with van der Waals surface area (Å²) in [6.45, 7) is 1.20. The Bertz CT molecular complexity index is 676. The van der Waals surface area contributed by atoms with Crippen molar-refractivity contribution in [1.82, 2.24) is 4.98 Å². The van der Waals surface area contributed by atoms with Gasteiger partial charge in [0.1, 0.15) is 23.1 Å². The normalized spacial score (nSPS) is 10.2. The van der Waals surface area contributed by atoms with Crippen LogP contribution in [0.15, 0.2) is 41.7 Å². The van der Waals surface area contributed by atoms with Gasteiger partial charge in [0.2, 0.25) is 5.91 Å². The summed E-state index contributed by atoms with van der Waals surface area (Å²) in [4.78, 5) is 27.0. The molecule has 0 fully saturated rings. The summed E-state index contributed by atoms with van der Waals surface area (Å²) in [5.41, 5.74) is -0.113. The summed E-state index contributed by atoms with van der Waals surface area (Å²) >= 11 is 0. The average molecular weight is 277 g/mol. The van der Waals surface area contributed by atoms with Gasteiger partial charge in [-0.2, -0.15) is 0 Å². The van der Waals surface area contributed by atoms with Crippen molar-refractivity contribution < 1.29 is 13.6 Å². The highest BCUT2D eigenvalue weighted by Crippen LogP contribution is 2.29. The number of hydrogen-bond acceptors (Lipinski definition) is 4. The molecular formula is C13H9F2N3O2. The van der Waals surface area contributed by atoms with Gasteiger partial charge in [-0.1, -0.05) is 0 Å². The van der Waals surface area contributed by atoms with E-state index in [1.165, 1.54) is 25.3 Å². The van der Waals surface area contributed by atoms with Crippen molar-refractivity contribution in [3.63, 3.8) is 0 Å². The lowest BCUT2D eigenvalue weighted by Crippen LogP contribution is -2.24. The van der Waals surface area contributed by atoms with E-state index in [9.17, 15) is 18.5 Å². The third-order valence-corrected chi connectivity index (χ3v) is 2.53. The Hall–Kier alpha value is -2.70. The predicted octanol–water partition coefficient (Wildman–Crippen LogP) is 3.44. The molecule has 2 aromatic rings. The topological polar surface area (TPSA) is 62.6 Å². The number of carbonyl (C=O) groups excluding carboxylic acids is 1. The number of benzene rings is 1. The molecule has 0 saturated carbocycles. The molecule has 0 N–H and O–H groups in total. The average Bonchev–Trinajstić information content (AvgIpc) is 2.41. The minimum absolute atomic E-state index is 0.0279. The largest absolute Gasteiger partial charge is 0.274 e. The molecular weight excluding hydrogens is 268 g/mol. The standard InChI is InChI=1S/C13H9F2N3O2/c1-8(19)18(12-3-2-9(14)6-11(12)15)13-7-10(17-20)4-5-16-13/h2-7H,1H3. The van der Waals surface area contributed by atoms with Gasteiger partial charge in [0.15, 0.2) is 0 Å². The molecule has 5 nitrogen and oxygen atoms in total. The molecule has 2 rings (SSSR count). The summed E-state index contributed by atoms with van der Waals surface area (Å²) < 4.78 is 26.7. The highest BCUT2D eigenvalue weighted by molar-refractivity contribution is 5.98. The van der Waals surface area contributed by atoms with E-state index < -0.39 is 17.5 Å². The maximum atomic E-state index is 13.8. The SMILES string of the molecule is CC(=O)N(c1cc(N=O)ccn1)c1ccc(F)cc1F. The molecule has 0 aliphatic rings. The van der Waals surface area contributed by atoms with E-state index in [4.69, 9.17) is 0 Å². The Morgan fingerprint density at radius 3 is 2.60 bits per heavy atom. The summed E-state index contributed by atoms with van der Waals surface area (Å²) in [6.07, 6.45) is 1.27. The molecule has 0 unspecified atom stereocenters. The first kappa shape index (κ1) is 13.7. The predicted molar refractivity (Wildman–Crippen MR) is 68.9 cm³/mol. The highest BCUT2D eigenvalue weighted by atomic mass is 19.1. The molecule has 0 radical (unpaired) electrons. The second-order valence-electron chi connectivity index (χ2n) is 3.91. The monoisotopic (exact) mass is 277 g/mol. The van der Waals surface area contributed by atoms with Gasteiger partial charge in [0, 0.05) is 25.3 Å². The molecule has 0 atom stereocenters. The quantitative estimate of drug-likeness (QED) is 0.807. The van der Waals surface area contributed by atoms with Gasteiger partial charge in [0.05, 0.1) is 5.69 Å². The van der Waals surface area contributed by atoms with Gasteiger partial charge in [-0.25, -0.2) is 13.8 Å². The van der Waals surface area contributed by atoms with E-state index in [1.807, 2.05) is 0 Å². The van der Waals surface area contributed by atoms with Crippen LogP contribution in [0.2, 0.25) is 0 Å². The van der Waals surface area contributed by atoms with Crippen molar-refractivity contribution in [2.24, 2.45) is 5.18 Å². The third kappa shape index (κ3) is 2.66. The second-order valence-corrected chi connectivity index (χ2v) is 3.91. The van der Waals surface area contributed by atoms with Crippen LogP contribution in [0.4, 0.5) is 26.0 Å². The Balaban J connectivity index is 2.56. The molecule has 1 amide bonds. The number of rotatable bonds is 3. The maximum Gasteiger partial charge on any atom is 0.229 e. The zero-order valence-electron chi connectivity index (χ0n) is 10.4. The number of pyridine rings is 1. The van der Waals surface area contributed by atoms with Crippen molar-refractivity contribution in [3.05, 3.63) is 53.1 Å². The number of halogens is 2. The van der Waals surface area contributed by atoms with Gasteiger partial charge >= 0.3 is 0 Å². The molecule has 0 bridgehead atoms. The number of amides is 1. The van der Waals surface area contributed by atoms with E-state index >= 15 is 0 Å². The first-order chi connectivity index (χ1) is 9.52. The second kappa shape index (κ2) is 5.52. The molecule has 1 heterocycles. The van der Waals surface area contributed by atoms with Gasteiger partial charge in [-0.15, -0.1) is 4.91 Å². The number of aromatic nitrogens is 1. The lowest BCUT2D eigenvalue weighted by Gasteiger charge is -2.20. The Morgan fingerprint density at radius 1 is 1.25 bits per heavy atom. The first-order valence-corrected chi connectivity index (χ1v) is 5.58. The van der Waals surface area contributed by atoms with E-state index in [2.05, 4.69) is 10.2 Å². The summed E-state index contributed by atoms with van der Waals surface area (Å²) in [7, 11) is 0. The number of carbonyl (C=O) groups is 1. The number of hydrogen-bond donors (Lipinski definition) is 0. The van der Waals surface area contributed by atoms with Crippen molar-refractivity contribution in [2.45, 2.75) is 6.92 Å². The minimum Gasteiger partial charge on any atom is -0.274 e. The fraction of sp³-hybridized carbons (Fsp3) is 0.0769. The fourth-order valence-electron chi connectivity index (χ4n) is 1.70. The van der Waals surface area contributed by atoms with Crippen molar-refractivity contribution >= 4 is 23.1 Å². The molecule has 102 valence electrons. The van der Waals surface area contributed by atoms with Gasteiger partial charge in [-0.05, 0) is 23.4 Å². The van der Waals surface area contributed by atoms with E-state index in [1.54, 1.807) is 0 Å². The van der Waals surface area contributed by atoms with E-state index in [0.717, 1.165) is 17.0 Å². The number of anilines is 2. The smallest absolute Gasteiger partial charge is 0.229 e. The molecule has 0 aliphatic heterocycles. The van der Waals surface area contributed by atoms with E-state index in [-0.39, 0.29) is 17.2 Å². The molecule has 0 spiro atoms. The van der Waals surface area contributed by atoms with Gasteiger partial charge in [0.25, 0.3) is 0 Å². The molecule has 20 heavy (non-hydrogen) atoms. The van der Waals surface area contributed by atoms with Crippen LogP contribution in [-0.2, 0) is 4.79 Å². The van der Waals surface area contributed by atoms with Crippen LogP contribution in [-0.4, -0.2) is 10.9 Å². The van der Waals surface area contributed by atoms with Crippen LogP contribution in [0.5, 0.6) is 0 Å². The van der Waals surface area contributed by atoms with Crippen LogP contribution in [0, 0.1) is 16.5 Å². The Morgan fingerprint density at radius 2 is 2.00 bits per heavy atom. The lowest BCUT2D eigenvalue weighted by atomic mass is 10.2. The third-order valence-electron chi connectivity index (χ3n) is 2.53. The first-order valence-electron chi connectivity index (χ1n) is 5.58. The van der Waals surface area contributed by atoms with Crippen LogP contribution < -0.4 is 4.90 Å². The summed E-state index contributed by atoms with van der Waals surface area (Å²) in [5.74, 6) is -2.18. The van der Waals surface area contributed by atoms with Crippen LogP contribution >= 0.6 is 0 Å². The van der Waals surface area contributed by atoms with Crippen molar-refractivity contribution in [2.75, 3.05) is 4.90 Å². The zero-order valence-corrected chi connectivity index (χ0v) is 10.4. The Labute approximate surface area is 112 Å². The molecule has 1 aromatic heterocycles. The summed E-state index contributed by atoms with van der Waals surface area (Å²) in [6, 6.07) is 5.38. The van der Waals surface area contributed by atoms with Crippen molar-refractivity contribution in [3.8, 4) is 0 Å². The zero-order chi connectivity index (χ0) is 14.7. The molecule has 0 saturated heterocycles. The van der Waals surface area contributed by atoms with Gasteiger partial charge in [-0.3, -0.25) is 9.69 Å². The minimum atomic E-state index is -0.911. The van der Waals surface area contributed by atoms with Crippen LogP contribution in [0.3, 0.4) is 0 Å². The van der Waals surface area contributed by atoms with E-state index in [0.29, 0.717) is 6.07 Å². The highest BCUT2D eigenvalue weighted by Gasteiger charge is 2.20. The van der Waals surface area contributed by atoms with Crippen molar-refractivity contribution in [1.29, 1.82) is 0 Å². The Kier molecular flexibility index (Phi) is 3.79. The van der Waals surface area contributed by atoms with Crippen LogP contribution in [0.25, 0.3) is 0 Å².